The van der Waals surface area contributed by atoms with Crippen LogP contribution >= 0.6 is 0 Å². The van der Waals surface area contributed by atoms with Crippen molar-refractivity contribution in [3.63, 3.8) is 0 Å². The Hall–Kier alpha value is -3.54. The van der Waals surface area contributed by atoms with Crippen LogP contribution in [0.1, 0.15) is 32.7 Å². The van der Waals surface area contributed by atoms with Crippen LogP contribution in [-0.2, 0) is 6.54 Å². The Morgan fingerprint density at radius 1 is 1.11 bits per heavy atom. The molecule has 0 aliphatic carbocycles. The van der Waals surface area contributed by atoms with Gasteiger partial charge in [-0.15, -0.1) is 0 Å². The van der Waals surface area contributed by atoms with E-state index in [0.29, 0.717) is 17.7 Å². The molecule has 0 saturated carbocycles. The summed E-state index contributed by atoms with van der Waals surface area (Å²) in [6, 6.07) is 13.9. The topological polar surface area (TPSA) is 87.8 Å². The third-order valence-electron chi connectivity index (χ3n) is 4.12. The van der Waals surface area contributed by atoms with Gasteiger partial charge >= 0.3 is 0 Å². The molecular weight excluding hydrogens is 340 g/mol. The molecule has 2 heterocycles. The zero-order valence-electron chi connectivity index (χ0n) is 15.2. The molecule has 0 aliphatic heterocycles. The molecule has 0 bridgehead atoms. The van der Waals surface area contributed by atoms with Crippen LogP contribution in [-0.4, -0.2) is 21.3 Å². The molecule has 0 spiro atoms. The summed E-state index contributed by atoms with van der Waals surface area (Å²) in [6.45, 7) is 4.14. The van der Waals surface area contributed by atoms with Gasteiger partial charge in [-0.05, 0) is 37.6 Å². The average molecular weight is 360 g/mol. The first-order valence-electron chi connectivity index (χ1n) is 8.51. The highest BCUT2D eigenvalue weighted by molar-refractivity contribution is 6.11. The van der Waals surface area contributed by atoms with E-state index in [1.807, 2.05) is 44.2 Å². The average Bonchev–Trinajstić information content (AvgIpc) is 2.65. The fourth-order valence-electron chi connectivity index (χ4n) is 2.64. The first-order valence-corrected chi connectivity index (χ1v) is 8.51. The summed E-state index contributed by atoms with van der Waals surface area (Å²) in [5, 5.41) is 10.7. The third-order valence-corrected chi connectivity index (χ3v) is 4.12. The molecule has 0 fully saturated rings. The van der Waals surface area contributed by atoms with Crippen LogP contribution in [0.4, 0.5) is 0 Å². The summed E-state index contributed by atoms with van der Waals surface area (Å²) < 4.78 is 1.46. The van der Waals surface area contributed by atoms with Crippen molar-refractivity contribution in [2.24, 2.45) is 0 Å². The minimum absolute atomic E-state index is 0.0178. The highest BCUT2D eigenvalue weighted by Crippen LogP contribution is 2.06. The van der Waals surface area contributed by atoms with Crippen molar-refractivity contribution in [1.29, 1.82) is 5.41 Å². The smallest absolute Gasteiger partial charge is 0.258 e. The second-order valence-electron chi connectivity index (χ2n) is 6.39. The molecule has 0 saturated heterocycles. The maximum atomic E-state index is 12.5. The largest absolute Gasteiger partial charge is 0.310 e. The molecule has 0 unspecified atom stereocenters. The number of nitrogens with zero attached hydrogens (tertiary/aromatic N) is 2. The molecule has 6 heteroatoms. The number of hydrogen-bond acceptors (Lipinski definition) is 4. The number of hydrogen-bond donors (Lipinski definition) is 2. The molecule has 0 radical (unpaired) electrons. The van der Waals surface area contributed by atoms with Gasteiger partial charge in [-0.2, -0.15) is 0 Å². The van der Waals surface area contributed by atoms with Gasteiger partial charge in [-0.25, -0.2) is 0 Å². The third kappa shape index (κ3) is 4.55. The molecule has 3 aromatic rings. The van der Waals surface area contributed by atoms with E-state index in [1.165, 1.54) is 22.9 Å². The van der Waals surface area contributed by atoms with E-state index in [1.54, 1.807) is 12.3 Å². The molecule has 3 rings (SSSR count). The van der Waals surface area contributed by atoms with E-state index in [2.05, 4.69) is 10.3 Å². The molecule has 1 aromatic carbocycles. The quantitative estimate of drug-likeness (QED) is 0.554. The SMILES string of the molecule is Cc1cccc(C(=N)NC(=O)c2ccc(=O)n(Cc3ccc(C)nc3)c2)c1. The van der Waals surface area contributed by atoms with Crippen LogP contribution in [0.25, 0.3) is 0 Å². The van der Waals surface area contributed by atoms with Gasteiger partial charge in [-0.3, -0.25) is 20.0 Å². The Morgan fingerprint density at radius 2 is 1.93 bits per heavy atom. The predicted octanol–water partition coefficient (Wildman–Crippen LogP) is 2.66. The molecule has 2 aromatic heterocycles. The summed E-state index contributed by atoms with van der Waals surface area (Å²) in [6.07, 6.45) is 3.21. The number of benzene rings is 1. The number of pyridine rings is 2. The number of carbonyl (C=O) groups excluding carboxylic acids is 1. The predicted molar refractivity (Wildman–Crippen MR) is 104 cm³/mol. The summed E-state index contributed by atoms with van der Waals surface area (Å²) in [5.74, 6) is -0.415. The molecule has 1 amide bonds. The van der Waals surface area contributed by atoms with E-state index in [4.69, 9.17) is 5.41 Å². The number of aromatic nitrogens is 2. The van der Waals surface area contributed by atoms with Gasteiger partial charge in [0.05, 0.1) is 12.1 Å². The number of nitrogens with one attached hydrogen (secondary N) is 2. The summed E-state index contributed by atoms with van der Waals surface area (Å²) in [7, 11) is 0. The minimum atomic E-state index is -0.433. The Morgan fingerprint density at radius 3 is 2.63 bits per heavy atom. The van der Waals surface area contributed by atoms with Gasteiger partial charge in [-0.1, -0.05) is 29.8 Å². The van der Waals surface area contributed by atoms with E-state index in [0.717, 1.165) is 16.8 Å². The van der Waals surface area contributed by atoms with Crippen molar-refractivity contribution in [2.75, 3.05) is 0 Å². The van der Waals surface area contributed by atoms with E-state index in [9.17, 15) is 9.59 Å². The van der Waals surface area contributed by atoms with Crippen molar-refractivity contribution in [2.45, 2.75) is 20.4 Å². The highest BCUT2D eigenvalue weighted by Gasteiger charge is 2.11. The van der Waals surface area contributed by atoms with Crippen LogP contribution in [0.2, 0.25) is 0 Å². The normalized spacial score (nSPS) is 10.4. The number of carbonyl (C=O) groups is 1. The minimum Gasteiger partial charge on any atom is -0.310 e. The number of rotatable bonds is 4. The maximum absolute atomic E-state index is 12.5. The van der Waals surface area contributed by atoms with Gasteiger partial charge in [0.2, 0.25) is 0 Å². The monoisotopic (exact) mass is 360 g/mol. The van der Waals surface area contributed by atoms with Gasteiger partial charge in [0.25, 0.3) is 11.5 Å². The van der Waals surface area contributed by atoms with Crippen LogP contribution in [0, 0.1) is 19.3 Å². The van der Waals surface area contributed by atoms with Gasteiger partial charge in [0.15, 0.2) is 0 Å². The van der Waals surface area contributed by atoms with Crippen LogP contribution in [0.15, 0.2) is 65.7 Å². The molecule has 0 aliphatic rings. The molecule has 0 atom stereocenters. The van der Waals surface area contributed by atoms with Crippen LogP contribution in [0.5, 0.6) is 0 Å². The number of amides is 1. The molecule has 6 nitrogen and oxygen atoms in total. The zero-order valence-corrected chi connectivity index (χ0v) is 15.2. The molecule has 2 N–H and O–H groups in total. The van der Waals surface area contributed by atoms with Crippen molar-refractivity contribution >= 4 is 11.7 Å². The second-order valence-corrected chi connectivity index (χ2v) is 6.39. The molecule has 136 valence electrons. The highest BCUT2D eigenvalue weighted by atomic mass is 16.2. The van der Waals surface area contributed by atoms with Crippen LogP contribution in [0.3, 0.4) is 0 Å². The standard InChI is InChI=1S/C21H20N4O2/c1-14-4-3-5-17(10-14)20(22)24-21(27)18-8-9-19(26)25(13-18)12-16-7-6-15(2)23-11-16/h3-11,13H,12H2,1-2H3,(H2,22,24,27). The van der Waals surface area contributed by atoms with Crippen molar-refractivity contribution in [1.82, 2.24) is 14.9 Å². The molecule has 27 heavy (non-hydrogen) atoms. The lowest BCUT2D eigenvalue weighted by atomic mass is 10.1. The van der Waals surface area contributed by atoms with Crippen molar-refractivity contribution in [3.8, 4) is 0 Å². The first-order chi connectivity index (χ1) is 12.9. The first kappa shape index (κ1) is 18.3. The van der Waals surface area contributed by atoms with Gasteiger partial charge in [0, 0.05) is 29.7 Å². The fraction of sp³-hybridized carbons (Fsp3) is 0.143. The second kappa shape index (κ2) is 7.78. The lowest BCUT2D eigenvalue weighted by Crippen LogP contribution is -2.32. The number of aryl methyl sites for hydroxylation is 2. The zero-order chi connectivity index (χ0) is 19.4. The Balaban J connectivity index is 1.78. The van der Waals surface area contributed by atoms with E-state index in [-0.39, 0.29) is 11.4 Å². The summed E-state index contributed by atoms with van der Waals surface area (Å²) in [5.41, 5.74) is 3.50. The van der Waals surface area contributed by atoms with E-state index >= 15 is 0 Å². The van der Waals surface area contributed by atoms with E-state index < -0.39 is 5.91 Å². The fourth-order valence-corrected chi connectivity index (χ4v) is 2.64. The van der Waals surface area contributed by atoms with Crippen molar-refractivity contribution in [3.05, 3.63) is 99.2 Å². The van der Waals surface area contributed by atoms with Crippen molar-refractivity contribution < 1.29 is 4.79 Å². The summed E-state index contributed by atoms with van der Waals surface area (Å²) >= 11 is 0. The lowest BCUT2D eigenvalue weighted by molar-refractivity contribution is 0.0976. The Labute approximate surface area is 157 Å². The Kier molecular flexibility index (Phi) is 5.26. The lowest BCUT2D eigenvalue weighted by Gasteiger charge is -2.10. The number of amidine groups is 1. The van der Waals surface area contributed by atoms with Gasteiger partial charge < -0.3 is 9.88 Å². The maximum Gasteiger partial charge on any atom is 0.258 e. The summed E-state index contributed by atoms with van der Waals surface area (Å²) in [4.78, 5) is 28.8. The van der Waals surface area contributed by atoms with Gasteiger partial charge in [0.1, 0.15) is 5.84 Å². The van der Waals surface area contributed by atoms with Crippen LogP contribution < -0.4 is 10.9 Å². The Bertz CT molecular complexity index is 1050. The molecular formula is C21H20N4O2.